The summed E-state index contributed by atoms with van der Waals surface area (Å²) in [5.41, 5.74) is 10.2. The van der Waals surface area contributed by atoms with E-state index < -0.39 is 10.8 Å². The molecule has 3 nitrogen and oxygen atoms in total. The molecular formula is C72H91I4N3S23. The first kappa shape index (κ1) is 86.2. The summed E-state index contributed by atoms with van der Waals surface area (Å²) in [6.45, 7) is 23.6. The van der Waals surface area contributed by atoms with Crippen LogP contribution in [0.15, 0.2) is 102 Å². The largest absolute Gasteiger partial charge is 0.359 e. The van der Waals surface area contributed by atoms with Crippen molar-refractivity contribution in [2.75, 3.05) is 70.8 Å². The molecular weight excluding hydrogens is 2150 g/mol. The van der Waals surface area contributed by atoms with Crippen LogP contribution in [0.2, 0.25) is 0 Å². The highest BCUT2D eigenvalue weighted by molar-refractivity contribution is 14.1. The van der Waals surface area contributed by atoms with E-state index in [9.17, 15) is 0 Å². The van der Waals surface area contributed by atoms with Gasteiger partial charge in [0.05, 0.1) is 46.9 Å². The summed E-state index contributed by atoms with van der Waals surface area (Å²) >= 11 is 56.5. The van der Waals surface area contributed by atoms with Crippen molar-refractivity contribution >= 4 is 359 Å². The molecule has 102 heavy (non-hydrogen) atoms. The van der Waals surface area contributed by atoms with Gasteiger partial charge in [-0.1, -0.05) is 245 Å². The molecule has 0 radical (unpaired) electrons. The van der Waals surface area contributed by atoms with Gasteiger partial charge in [0.2, 0.25) is 0 Å². The second-order valence-corrected chi connectivity index (χ2v) is 60.7. The van der Waals surface area contributed by atoms with E-state index in [0.29, 0.717) is 9.83 Å². The first-order valence-corrected chi connectivity index (χ1v) is 63.0. The second-order valence-electron chi connectivity index (χ2n) is 27.7. The number of thioether (sulfide) groups is 20. The zero-order chi connectivity index (χ0) is 72.0. The molecule has 1 saturated heterocycles. The number of nitrogens with one attached hydrogen (secondary N) is 3. The van der Waals surface area contributed by atoms with Crippen molar-refractivity contribution in [3.05, 3.63) is 101 Å². The van der Waals surface area contributed by atoms with E-state index in [2.05, 4.69) is 392 Å². The molecule has 0 amide bonds. The summed E-state index contributed by atoms with van der Waals surface area (Å²) in [6.07, 6.45) is 27.2. The lowest BCUT2D eigenvalue weighted by molar-refractivity contribution is 0.455. The number of hydrogen-bond acceptors (Lipinski definition) is 22. The van der Waals surface area contributed by atoms with Crippen LogP contribution in [0, 0.1) is 9.06 Å². The van der Waals surface area contributed by atoms with Gasteiger partial charge < -0.3 is 15.0 Å². The molecule has 1 fully saturated rings. The van der Waals surface area contributed by atoms with Crippen molar-refractivity contribution in [1.82, 2.24) is 15.0 Å². The minimum Gasteiger partial charge on any atom is -0.359 e. The zero-order valence-electron chi connectivity index (χ0n) is 59.9. The third-order valence-corrected chi connectivity index (χ3v) is 57.7. The number of unbranched alkanes of at least 4 members (excludes halogenated alkanes) is 8. The predicted octanol–water partition coefficient (Wildman–Crippen LogP) is 33.4. The Labute approximate surface area is 760 Å². The predicted molar refractivity (Wildman–Crippen MR) is 538 cm³/mol. The molecule has 560 valence electrons. The number of fused-ring (bicyclic) bond motifs is 18. The van der Waals surface area contributed by atoms with E-state index in [1.165, 1.54) is 226 Å². The van der Waals surface area contributed by atoms with E-state index in [0.717, 1.165) is 11.5 Å². The Morgan fingerprint density at radius 1 is 0.422 bits per heavy atom. The maximum absolute atomic E-state index is 4.65. The van der Waals surface area contributed by atoms with E-state index in [4.69, 9.17) is 0 Å². The van der Waals surface area contributed by atoms with Gasteiger partial charge in [0, 0.05) is 120 Å². The molecule has 8 aliphatic heterocycles. The van der Waals surface area contributed by atoms with Gasteiger partial charge in [-0.25, -0.2) is 0 Å². The zero-order valence-corrected chi connectivity index (χ0v) is 87.3. The van der Waals surface area contributed by atoms with Gasteiger partial charge in [0.1, 0.15) is 3.14 Å². The molecule has 4 atom stereocenters. The summed E-state index contributed by atoms with van der Waals surface area (Å²) in [7, 11) is -0.0811. The van der Waals surface area contributed by atoms with Crippen LogP contribution in [0.25, 0.3) is 0 Å². The molecule has 4 aromatic rings. The Kier molecular flexibility index (Phi) is 32.6. The molecule has 9 aliphatic rings. The molecule has 1 aliphatic carbocycles. The van der Waals surface area contributed by atoms with Crippen LogP contribution in [0.1, 0.15) is 186 Å². The van der Waals surface area contributed by atoms with Gasteiger partial charge in [-0.05, 0) is 169 Å². The quantitative estimate of drug-likeness (QED) is 0.0153. The van der Waals surface area contributed by atoms with E-state index in [1.54, 1.807) is 37.4 Å². The normalized spacial score (nSPS) is 24.8. The van der Waals surface area contributed by atoms with E-state index in [-0.39, 0.29) is 27.2 Å². The average Bonchev–Trinajstić information content (AvgIpc) is 1.53. The highest BCUT2D eigenvalue weighted by atomic mass is 127. The lowest BCUT2D eigenvalue weighted by Gasteiger charge is -2.38. The topological polar surface area (TPSA) is 47.4 Å². The number of allylic oxidation sites excluding steroid dienone is 3. The first-order chi connectivity index (χ1) is 49.2. The summed E-state index contributed by atoms with van der Waals surface area (Å²) in [6, 6.07) is 0. The molecule has 0 saturated carbocycles. The monoisotopic (exact) mass is 2240 g/mol. The summed E-state index contributed by atoms with van der Waals surface area (Å²) in [5.74, 6) is 5.09. The van der Waals surface area contributed by atoms with Crippen molar-refractivity contribution in [3.8, 4) is 0 Å². The van der Waals surface area contributed by atoms with Gasteiger partial charge >= 0.3 is 0 Å². The molecule has 4 aromatic heterocycles. The maximum atomic E-state index is 4.65. The van der Waals surface area contributed by atoms with Crippen molar-refractivity contribution in [2.45, 2.75) is 221 Å². The van der Waals surface area contributed by atoms with Crippen LogP contribution in [-0.2, 0) is 21.7 Å². The van der Waals surface area contributed by atoms with Crippen molar-refractivity contribution in [2.24, 2.45) is 5.92 Å². The fraction of sp³-hybridized carbons (Fsp3) is 0.597. The molecule has 8 bridgehead atoms. The number of aromatic nitrogens is 3. The van der Waals surface area contributed by atoms with Crippen LogP contribution in [-0.4, -0.2) is 95.6 Å². The number of hydrogen-bond donors (Lipinski definition) is 3. The summed E-state index contributed by atoms with van der Waals surface area (Å²) in [4.78, 5) is 27.6. The SMILES string of the molecule is CCC1C2=C3SC/S(=c4\sc(SC)c(SCCCCCI)s4)C3=C1C(C)(C)c1[nH]c(c3c1SC(C1CC(SCCCCCI)=C(SC)S1)S3)C(C)(C)c1[nH]c(c3c1S/C(=C1\SC(SC)=C(SCCCCCI)S1)S3)C(C)(C)c1[nH]c(c3c1S/C(=C1\SC(SC)=C(SCCCCCI)S1)S3)C2(C)C. The molecule has 3 N–H and O–H groups in total. The van der Waals surface area contributed by atoms with Crippen LogP contribution in [0.5, 0.6) is 0 Å². The third kappa shape index (κ3) is 17.8. The van der Waals surface area contributed by atoms with Crippen molar-refractivity contribution in [1.29, 1.82) is 0 Å². The molecule has 0 aromatic carbocycles. The molecule has 13 rings (SSSR count). The Bertz CT molecular complexity index is 4130. The first-order valence-electron chi connectivity index (χ1n) is 34.9. The third-order valence-electron chi connectivity index (χ3n) is 19.6. The maximum Gasteiger partial charge on any atom is 0.111 e. The van der Waals surface area contributed by atoms with Gasteiger partial charge in [0.25, 0.3) is 0 Å². The molecule has 0 spiro atoms. The lowest BCUT2D eigenvalue weighted by Crippen LogP contribution is -2.32. The summed E-state index contributed by atoms with van der Waals surface area (Å²) < 4.78 is 23.6. The standard InChI is InChI=1S/C72H91I4N3S23/c1-14-37-40-42-49(102(36-88-42)68-100-60(83-13)63(101-68)87-34-26-18-22-30-76)41(37)70(4,5)51-43-45(91-57(90-43)39-35-38(56(80-10)89-39)84-31-23-15-19-27-73)52(78-51)71(6,7)54-47-48(95-65(94-47)67-97-59(82-12)62(99-67)86-33-25-17-21-29-75)55(79-54)72(8,9)53-46-44(50(77-53)69(40,2)3)92-64(93-46)66-96-58(81-11)61(98-66)85-32-24-16-20-28-74/h37,39,57,77-79H,14-36H2,1-13H3/b66-64+,67-65-. The lowest BCUT2D eigenvalue weighted by atomic mass is 9.68. The van der Waals surface area contributed by atoms with E-state index in [1.807, 2.05) is 58.8 Å². The Hall–Kier alpha value is 6.34. The van der Waals surface area contributed by atoms with Crippen molar-refractivity contribution < 1.29 is 0 Å². The van der Waals surface area contributed by atoms with Crippen molar-refractivity contribution in [3.63, 3.8) is 0 Å². The Morgan fingerprint density at radius 3 is 1.27 bits per heavy atom. The number of alkyl halides is 4. The smallest absolute Gasteiger partial charge is 0.111 e. The highest BCUT2D eigenvalue weighted by Crippen LogP contribution is 2.73. The number of rotatable bonds is 30. The van der Waals surface area contributed by atoms with Gasteiger partial charge in [-0.15, -0.1) is 174 Å². The fourth-order valence-corrected chi connectivity index (χ4v) is 53.9. The van der Waals surface area contributed by atoms with Crippen LogP contribution >= 0.6 is 359 Å². The fourth-order valence-electron chi connectivity index (χ4n) is 14.2. The Morgan fingerprint density at radius 2 is 0.824 bits per heavy atom. The average molecular weight is 2240 g/mol. The van der Waals surface area contributed by atoms with Crippen LogP contribution < -0.4 is 0 Å². The minimum absolute atomic E-state index is 0.0811. The van der Waals surface area contributed by atoms with Crippen LogP contribution in [0.3, 0.4) is 0 Å². The molecule has 12 heterocycles. The van der Waals surface area contributed by atoms with E-state index >= 15 is 0 Å². The highest BCUT2D eigenvalue weighted by Gasteiger charge is 2.55. The molecule has 4 unspecified atom stereocenters. The van der Waals surface area contributed by atoms with Gasteiger partial charge in [-0.3, -0.25) is 0 Å². The van der Waals surface area contributed by atoms with Gasteiger partial charge in [-0.2, -0.15) is 0 Å². The minimum atomic E-state index is -0.431. The number of halogens is 4. The second kappa shape index (κ2) is 38.6. The number of aromatic amines is 3. The van der Waals surface area contributed by atoms with Gasteiger partial charge in [0.15, 0.2) is 0 Å². The number of H-pyrrole nitrogens is 3. The Balaban J connectivity index is 1.00. The van der Waals surface area contributed by atoms with Crippen LogP contribution in [0.4, 0.5) is 0 Å². The molecule has 30 heteroatoms. The summed E-state index contributed by atoms with van der Waals surface area (Å²) in [5, 5.41) is 1.63.